The van der Waals surface area contributed by atoms with Gasteiger partial charge in [0.2, 0.25) is 5.91 Å². The molecule has 0 atom stereocenters. The summed E-state index contributed by atoms with van der Waals surface area (Å²) < 4.78 is 13.1. The van der Waals surface area contributed by atoms with Crippen molar-refractivity contribution in [3.63, 3.8) is 0 Å². The van der Waals surface area contributed by atoms with Crippen molar-refractivity contribution < 1.29 is 14.0 Å². The largest absolute Gasteiger partial charge is 0.325 e. The van der Waals surface area contributed by atoms with E-state index in [2.05, 4.69) is 10.6 Å². The van der Waals surface area contributed by atoms with Crippen LogP contribution in [0.15, 0.2) is 48.5 Å². The molecule has 4 nitrogen and oxygen atoms in total. The zero-order valence-corrected chi connectivity index (χ0v) is 16.2. The van der Waals surface area contributed by atoms with Gasteiger partial charge in [-0.05, 0) is 54.4 Å². The first-order valence-electron chi connectivity index (χ1n) is 8.08. The molecule has 2 aromatic carbocycles. The molecular formula is C20H16ClFN2O2S. The Labute approximate surface area is 165 Å². The Hall–Kier alpha value is -2.70. The van der Waals surface area contributed by atoms with Crippen molar-refractivity contribution in [2.24, 2.45) is 0 Å². The van der Waals surface area contributed by atoms with E-state index >= 15 is 0 Å². The Morgan fingerprint density at radius 1 is 1.00 bits per heavy atom. The summed E-state index contributed by atoms with van der Waals surface area (Å²) in [5.74, 6) is -0.874. The molecule has 0 aliphatic carbocycles. The molecule has 0 aliphatic rings. The number of carbonyl (C=O) groups excluding carboxylic acids is 2. The van der Waals surface area contributed by atoms with Gasteiger partial charge in [0, 0.05) is 16.8 Å². The van der Waals surface area contributed by atoms with E-state index in [0.717, 1.165) is 16.0 Å². The highest BCUT2D eigenvalue weighted by Crippen LogP contribution is 2.33. The number of hydrogen-bond acceptors (Lipinski definition) is 3. The average molecular weight is 403 g/mol. The number of amides is 2. The van der Waals surface area contributed by atoms with E-state index in [-0.39, 0.29) is 17.6 Å². The molecule has 27 heavy (non-hydrogen) atoms. The minimum atomic E-state index is -0.315. The monoisotopic (exact) mass is 402 g/mol. The number of carbonyl (C=O) groups is 2. The maximum Gasteiger partial charge on any atom is 0.265 e. The quantitative estimate of drug-likeness (QED) is 0.585. The van der Waals surface area contributed by atoms with Crippen molar-refractivity contribution in [1.82, 2.24) is 0 Å². The summed E-state index contributed by atoms with van der Waals surface area (Å²) in [6.07, 6.45) is 0. The second-order valence-electron chi connectivity index (χ2n) is 5.95. The molecule has 0 spiro atoms. The van der Waals surface area contributed by atoms with E-state index in [4.69, 9.17) is 11.6 Å². The molecule has 2 amide bonds. The maximum atomic E-state index is 13.1. The molecule has 0 radical (unpaired) electrons. The zero-order chi connectivity index (χ0) is 19.6. The van der Waals surface area contributed by atoms with Gasteiger partial charge in [-0.15, -0.1) is 11.3 Å². The van der Waals surface area contributed by atoms with Gasteiger partial charge >= 0.3 is 0 Å². The van der Waals surface area contributed by atoms with E-state index in [1.807, 2.05) is 6.92 Å². The van der Waals surface area contributed by atoms with Crippen LogP contribution in [-0.4, -0.2) is 11.8 Å². The third kappa shape index (κ3) is 4.53. The predicted molar refractivity (Wildman–Crippen MR) is 108 cm³/mol. The van der Waals surface area contributed by atoms with Crippen LogP contribution in [0.3, 0.4) is 0 Å². The van der Waals surface area contributed by atoms with Crippen molar-refractivity contribution in [2.45, 2.75) is 13.8 Å². The van der Waals surface area contributed by atoms with Crippen LogP contribution < -0.4 is 10.6 Å². The van der Waals surface area contributed by atoms with E-state index < -0.39 is 0 Å². The van der Waals surface area contributed by atoms with Crippen molar-refractivity contribution in [1.29, 1.82) is 0 Å². The highest BCUT2D eigenvalue weighted by molar-refractivity contribution is 7.17. The summed E-state index contributed by atoms with van der Waals surface area (Å²) in [6, 6.07) is 12.8. The van der Waals surface area contributed by atoms with E-state index in [1.54, 1.807) is 36.4 Å². The molecule has 7 heteroatoms. The molecule has 0 fully saturated rings. The number of anilines is 2. The fourth-order valence-electron chi connectivity index (χ4n) is 2.58. The molecule has 1 heterocycles. The van der Waals surface area contributed by atoms with Gasteiger partial charge in [0.1, 0.15) is 5.82 Å². The molecule has 2 N–H and O–H groups in total. The van der Waals surface area contributed by atoms with Crippen LogP contribution in [0.25, 0.3) is 10.4 Å². The summed E-state index contributed by atoms with van der Waals surface area (Å²) in [4.78, 5) is 25.4. The average Bonchev–Trinajstić information content (AvgIpc) is 3.00. The molecular weight excluding hydrogens is 387 g/mol. The van der Waals surface area contributed by atoms with E-state index in [1.165, 1.54) is 30.4 Å². The van der Waals surface area contributed by atoms with Crippen LogP contribution in [-0.2, 0) is 4.79 Å². The SMILES string of the molecule is CC(=O)Nc1ccc(Cl)cc1NC(=O)c1cc(C)c(-c2ccc(F)cc2)s1. The van der Waals surface area contributed by atoms with Crippen LogP contribution >= 0.6 is 22.9 Å². The van der Waals surface area contributed by atoms with Crippen LogP contribution in [0.1, 0.15) is 22.2 Å². The number of benzene rings is 2. The topological polar surface area (TPSA) is 58.2 Å². The summed E-state index contributed by atoms with van der Waals surface area (Å²) in [6.45, 7) is 3.28. The van der Waals surface area contributed by atoms with Crippen molar-refractivity contribution in [3.8, 4) is 10.4 Å². The third-order valence-corrected chi connectivity index (χ3v) is 5.31. The highest BCUT2D eigenvalue weighted by atomic mass is 35.5. The van der Waals surface area contributed by atoms with Gasteiger partial charge in [0.15, 0.2) is 0 Å². The first-order chi connectivity index (χ1) is 12.8. The number of thiophene rings is 1. The lowest BCUT2D eigenvalue weighted by Gasteiger charge is -2.11. The van der Waals surface area contributed by atoms with Crippen LogP contribution in [0.2, 0.25) is 5.02 Å². The second kappa shape index (κ2) is 7.90. The Morgan fingerprint density at radius 3 is 2.37 bits per heavy atom. The number of nitrogens with one attached hydrogen (secondary N) is 2. The number of rotatable bonds is 4. The maximum absolute atomic E-state index is 13.1. The predicted octanol–water partition coefficient (Wildman–Crippen LogP) is 5.73. The van der Waals surface area contributed by atoms with Gasteiger partial charge in [0.05, 0.1) is 16.3 Å². The summed E-state index contributed by atoms with van der Waals surface area (Å²) >= 11 is 7.33. The molecule has 0 saturated carbocycles. The molecule has 138 valence electrons. The van der Waals surface area contributed by atoms with Gasteiger partial charge in [-0.25, -0.2) is 4.39 Å². The van der Waals surface area contributed by atoms with Gasteiger partial charge in [-0.2, -0.15) is 0 Å². The van der Waals surface area contributed by atoms with Crippen LogP contribution in [0, 0.1) is 12.7 Å². The third-order valence-electron chi connectivity index (χ3n) is 3.79. The Morgan fingerprint density at radius 2 is 1.70 bits per heavy atom. The van der Waals surface area contributed by atoms with Gasteiger partial charge in [-0.1, -0.05) is 23.7 Å². The van der Waals surface area contributed by atoms with Crippen molar-refractivity contribution in [2.75, 3.05) is 10.6 Å². The molecule has 0 unspecified atom stereocenters. The van der Waals surface area contributed by atoms with E-state index in [0.29, 0.717) is 21.3 Å². The first kappa shape index (κ1) is 19.1. The summed E-state index contributed by atoms with van der Waals surface area (Å²) in [7, 11) is 0. The fraction of sp³-hybridized carbons (Fsp3) is 0.100. The molecule has 0 aliphatic heterocycles. The van der Waals surface area contributed by atoms with Gasteiger partial charge in [0.25, 0.3) is 5.91 Å². The lowest BCUT2D eigenvalue weighted by Crippen LogP contribution is -2.14. The smallest absolute Gasteiger partial charge is 0.265 e. The number of hydrogen-bond donors (Lipinski definition) is 2. The fourth-order valence-corrected chi connectivity index (χ4v) is 3.83. The Balaban J connectivity index is 1.87. The standard InChI is InChI=1S/C20H16ClFN2O2S/c1-11-9-18(27-19(11)13-3-6-15(22)7-4-13)20(26)24-17-10-14(21)5-8-16(17)23-12(2)25/h3-10H,1-2H3,(H,23,25)(H,24,26). The molecule has 3 aromatic rings. The Kier molecular flexibility index (Phi) is 5.58. The lowest BCUT2D eigenvalue weighted by atomic mass is 10.1. The number of halogens is 2. The van der Waals surface area contributed by atoms with Crippen molar-refractivity contribution >= 4 is 46.1 Å². The number of aryl methyl sites for hydroxylation is 1. The summed E-state index contributed by atoms with van der Waals surface area (Å²) in [5, 5.41) is 5.89. The zero-order valence-electron chi connectivity index (χ0n) is 14.6. The molecule has 1 aromatic heterocycles. The lowest BCUT2D eigenvalue weighted by molar-refractivity contribution is -0.114. The van der Waals surface area contributed by atoms with Crippen LogP contribution in [0.5, 0.6) is 0 Å². The minimum absolute atomic E-state index is 0.251. The highest BCUT2D eigenvalue weighted by Gasteiger charge is 2.16. The van der Waals surface area contributed by atoms with Gasteiger partial charge in [-0.3, -0.25) is 9.59 Å². The molecule has 0 saturated heterocycles. The molecule has 3 rings (SSSR count). The van der Waals surface area contributed by atoms with Crippen LogP contribution in [0.4, 0.5) is 15.8 Å². The van der Waals surface area contributed by atoms with Gasteiger partial charge < -0.3 is 10.6 Å². The summed E-state index contributed by atoms with van der Waals surface area (Å²) in [5.41, 5.74) is 2.65. The Bertz CT molecular complexity index is 1020. The molecule has 0 bridgehead atoms. The first-order valence-corrected chi connectivity index (χ1v) is 9.28. The second-order valence-corrected chi connectivity index (χ2v) is 7.44. The normalized spacial score (nSPS) is 10.5. The van der Waals surface area contributed by atoms with E-state index in [9.17, 15) is 14.0 Å². The van der Waals surface area contributed by atoms with Crippen molar-refractivity contribution in [3.05, 3.63) is 69.8 Å². The minimum Gasteiger partial charge on any atom is -0.325 e.